The van der Waals surface area contributed by atoms with Gasteiger partial charge in [0.1, 0.15) is 28.7 Å². The summed E-state index contributed by atoms with van der Waals surface area (Å²) < 4.78 is 11.7. The summed E-state index contributed by atoms with van der Waals surface area (Å²) in [5, 5.41) is 2.94. The molecular weight excluding hydrogens is 430 g/mol. The summed E-state index contributed by atoms with van der Waals surface area (Å²) in [6.45, 7) is 0.434. The van der Waals surface area contributed by atoms with Crippen LogP contribution >= 0.6 is 0 Å². The lowest BCUT2D eigenvalue weighted by atomic mass is 10.1. The zero-order valence-electron chi connectivity index (χ0n) is 18.3. The second-order valence-electron chi connectivity index (χ2n) is 7.41. The number of nitrogens with two attached hydrogens (primary N) is 1. The summed E-state index contributed by atoms with van der Waals surface area (Å²) in [7, 11) is 0. The Morgan fingerprint density at radius 2 is 1.53 bits per heavy atom. The molecule has 0 spiro atoms. The van der Waals surface area contributed by atoms with E-state index in [0.29, 0.717) is 41.5 Å². The van der Waals surface area contributed by atoms with Crippen LogP contribution in [0.1, 0.15) is 26.4 Å². The van der Waals surface area contributed by atoms with Crippen molar-refractivity contribution in [2.45, 2.75) is 6.42 Å². The van der Waals surface area contributed by atoms with Crippen LogP contribution in [-0.4, -0.2) is 23.3 Å². The fourth-order valence-electron chi connectivity index (χ4n) is 3.28. The highest BCUT2D eigenvalue weighted by Crippen LogP contribution is 2.25. The first kappa shape index (κ1) is 22.5. The molecule has 0 fully saturated rings. The van der Waals surface area contributed by atoms with Gasteiger partial charge in [-0.25, -0.2) is 0 Å². The van der Waals surface area contributed by atoms with E-state index >= 15 is 0 Å². The summed E-state index contributed by atoms with van der Waals surface area (Å²) in [6.07, 6.45) is 2.07. The third-order valence-corrected chi connectivity index (χ3v) is 4.92. The molecule has 3 N–H and O–H groups in total. The fourth-order valence-corrected chi connectivity index (χ4v) is 3.28. The molecule has 0 radical (unpaired) electrons. The molecule has 0 unspecified atom stereocenters. The molecule has 0 aliphatic rings. The molecule has 7 nitrogen and oxygen atoms in total. The van der Waals surface area contributed by atoms with Crippen LogP contribution in [0.15, 0.2) is 97.2 Å². The first-order valence-electron chi connectivity index (χ1n) is 10.7. The number of benzene rings is 3. The molecular formula is C27H23N3O4. The number of carbonyl (C=O) groups is 2. The molecule has 34 heavy (non-hydrogen) atoms. The standard InChI is InChI=1S/C27H23N3O4/c28-26(31)24-18-22(14-16-29-24)33-21-10-6-7-19(17-21)13-15-30-27(32)23-11-4-5-12-25(23)34-20-8-2-1-3-9-20/h1-12,14,16-18H,13,15H2,(H2,28,31)(H,30,32). The molecule has 1 heterocycles. The molecule has 4 rings (SSSR count). The van der Waals surface area contributed by atoms with Crippen molar-refractivity contribution in [2.24, 2.45) is 5.73 Å². The number of ether oxygens (including phenoxy) is 2. The first-order chi connectivity index (χ1) is 16.6. The van der Waals surface area contributed by atoms with Crippen molar-refractivity contribution >= 4 is 11.8 Å². The van der Waals surface area contributed by atoms with Gasteiger partial charge in [-0.3, -0.25) is 14.6 Å². The van der Waals surface area contributed by atoms with Gasteiger partial charge < -0.3 is 20.5 Å². The third kappa shape index (κ3) is 5.98. The molecule has 0 aliphatic heterocycles. The van der Waals surface area contributed by atoms with Crippen molar-refractivity contribution in [1.29, 1.82) is 0 Å². The van der Waals surface area contributed by atoms with Gasteiger partial charge in [0.25, 0.3) is 11.8 Å². The number of rotatable bonds is 9. The van der Waals surface area contributed by atoms with Gasteiger partial charge in [-0.15, -0.1) is 0 Å². The van der Waals surface area contributed by atoms with Gasteiger partial charge in [0.15, 0.2) is 0 Å². The quantitative estimate of drug-likeness (QED) is 0.381. The Morgan fingerprint density at radius 1 is 0.794 bits per heavy atom. The maximum atomic E-state index is 12.8. The van der Waals surface area contributed by atoms with Gasteiger partial charge in [-0.05, 0) is 54.4 Å². The van der Waals surface area contributed by atoms with Crippen LogP contribution in [-0.2, 0) is 6.42 Å². The van der Waals surface area contributed by atoms with E-state index in [1.807, 2.05) is 60.7 Å². The lowest BCUT2D eigenvalue weighted by molar-refractivity contribution is 0.0950. The van der Waals surface area contributed by atoms with Crippen molar-refractivity contribution in [2.75, 3.05) is 6.54 Å². The van der Waals surface area contributed by atoms with Gasteiger partial charge in [0.05, 0.1) is 5.56 Å². The number of aromatic nitrogens is 1. The van der Waals surface area contributed by atoms with Crippen LogP contribution in [0.3, 0.4) is 0 Å². The summed E-state index contributed by atoms with van der Waals surface area (Å²) in [5.74, 6) is 1.39. The van der Waals surface area contributed by atoms with E-state index in [-0.39, 0.29) is 11.6 Å². The SMILES string of the molecule is NC(=O)c1cc(Oc2cccc(CCNC(=O)c3ccccc3Oc3ccccc3)c2)ccn1. The highest BCUT2D eigenvalue weighted by atomic mass is 16.5. The largest absolute Gasteiger partial charge is 0.457 e. The van der Waals surface area contributed by atoms with Crippen LogP contribution in [0.5, 0.6) is 23.0 Å². The Balaban J connectivity index is 1.36. The topological polar surface area (TPSA) is 104 Å². The minimum absolute atomic E-state index is 0.132. The zero-order chi connectivity index (χ0) is 23.8. The lowest BCUT2D eigenvalue weighted by Gasteiger charge is -2.12. The molecule has 1 aromatic heterocycles. The summed E-state index contributed by atoms with van der Waals surface area (Å²) in [4.78, 5) is 28.0. The van der Waals surface area contributed by atoms with Crippen molar-refractivity contribution in [3.05, 3.63) is 114 Å². The van der Waals surface area contributed by atoms with E-state index in [4.69, 9.17) is 15.2 Å². The normalized spacial score (nSPS) is 10.4. The molecule has 2 amide bonds. The van der Waals surface area contributed by atoms with Gasteiger partial charge in [-0.2, -0.15) is 0 Å². The molecule has 170 valence electrons. The van der Waals surface area contributed by atoms with E-state index < -0.39 is 5.91 Å². The van der Waals surface area contributed by atoms with E-state index in [2.05, 4.69) is 10.3 Å². The molecule has 0 saturated heterocycles. The number of nitrogens with zero attached hydrogens (tertiary/aromatic N) is 1. The van der Waals surface area contributed by atoms with E-state index in [0.717, 1.165) is 5.56 Å². The van der Waals surface area contributed by atoms with Crippen molar-refractivity contribution in [3.8, 4) is 23.0 Å². The third-order valence-electron chi connectivity index (χ3n) is 4.92. The minimum Gasteiger partial charge on any atom is -0.457 e. The van der Waals surface area contributed by atoms with E-state index in [1.54, 1.807) is 24.3 Å². The maximum absolute atomic E-state index is 12.8. The van der Waals surface area contributed by atoms with E-state index in [1.165, 1.54) is 12.3 Å². The second-order valence-corrected chi connectivity index (χ2v) is 7.41. The van der Waals surface area contributed by atoms with Gasteiger partial charge >= 0.3 is 0 Å². The average molecular weight is 453 g/mol. The van der Waals surface area contributed by atoms with Gasteiger partial charge in [0, 0.05) is 18.8 Å². The van der Waals surface area contributed by atoms with E-state index in [9.17, 15) is 9.59 Å². The highest BCUT2D eigenvalue weighted by Gasteiger charge is 2.12. The summed E-state index contributed by atoms with van der Waals surface area (Å²) in [6, 6.07) is 27.1. The Kier molecular flexibility index (Phi) is 7.15. The number of hydrogen-bond acceptors (Lipinski definition) is 5. The maximum Gasteiger partial charge on any atom is 0.267 e. The summed E-state index contributed by atoms with van der Waals surface area (Å²) >= 11 is 0. The number of amides is 2. The number of para-hydroxylation sites is 2. The molecule has 7 heteroatoms. The second kappa shape index (κ2) is 10.8. The Hall–Kier alpha value is -4.65. The summed E-state index contributed by atoms with van der Waals surface area (Å²) in [5.41, 5.74) is 6.85. The highest BCUT2D eigenvalue weighted by molar-refractivity contribution is 5.97. The Bertz CT molecular complexity index is 1290. The minimum atomic E-state index is -0.620. The van der Waals surface area contributed by atoms with Crippen LogP contribution < -0.4 is 20.5 Å². The van der Waals surface area contributed by atoms with Crippen LogP contribution in [0.2, 0.25) is 0 Å². The van der Waals surface area contributed by atoms with Gasteiger partial charge in [-0.1, -0.05) is 42.5 Å². The molecule has 0 aliphatic carbocycles. The Labute approximate surface area is 197 Å². The van der Waals surface area contributed by atoms with Crippen molar-refractivity contribution in [1.82, 2.24) is 10.3 Å². The monoisotopic (exact) mass is 453 g/mol. The van der Waals surface area contributed by atoms with Gasteiger partial charge in [0.2, 0.25) is 0 Å². The number of hydrogen-bond donors (Lipinski definition) is 2. The number of pyridine rings is 1. The molecule has 4 aromatic rings. The fraction of sp³-hybridized carbons (Fsp3) is 0.0741. The predicted octanol–water partition coefficient (Wildman–Crippen LogP) is 4.74. The lowest BCUT2D eigenvalue weighted by Crippen LogP contribution is -2.26. The molecule has 0 bridgehead atoms. The number of carbonyl (C=O) groups excluding carboxylic acids is 2. The van der Waals surface area contributed by atoms with Crippen LogP contribution in [0.4, 0.5) is 0 Å². The van der Waals surface area contributed by atoms with Crippen LogP contribution in [0.25, 0.3) is 0 Å². The predicted molar refractivity (Wildman–Crippen MR) is 128 cm³/mol. The first-order valence-corrected chi connectivity index (χ1v) is 10.7. The molecule has 3 aromatic carbocycles. The van der Waals surface area contributed by atoms with Crippen LogP contribution in [0, 0.1) is 0 Å². The van der Waals surface area contributed by atoms with Crippen molar-refractivity contribution in [3.63, 3.8) is 0 Å². The van der Waals surface area contributed by atoms with Crippen molar-refractivity contribution < 1.29 is 19.1 Å². The number of nitrogens with one attached hydrogen (secondary N) is 1. The smallest absolute Gasteiger partial charge is 0.267 e. The molecule has 0 atom stereocenters. The number of primary amides is 1. The molecule has 0 saturated carbocycles. The average Bonchev–Trinajstić information content (AvgIpc) is 2.85. The Morgan fingerprint density at radius 3 is 2.35 bits per heavy atom. The zero-order valence-corrected chi connectivity index (χ0v) is 18.3.